The number of anilines is 1. The first kappa shape index (κ1) is 19.3. The molecule has 0 saturated carbocycles. The number of hydrogen-bond donors (Lipinski definition) is 1. The van der Waals surface area contributed by atoms with Crippen LogP contribution in [0.3, 0.4) is 0 Å². The molecule has 9 nitrogen and oxygen atoms in total. The molecule has 4 heterocycles. The fourth-order valence-electron chi connectivity index (χ4n) is 3.65. The number of carbonyl (C=O) groups is 1. The molecule has 0 aliphatic carbocycles. The Labute approximate surface area is 168 Å². The standard InChI is InChI=1S/C20H24N6O3/c1-29-10-2-3-16-11-21-18(15-4-5-17-22-13-23-26(17)12-15)19(24-16)25-8-6-14(7-9-25)20(27)28/h4-5,11-14H,2-3,6-10H2,1H3,(H,27,28). The van der Waals surface area contributed by atoms with E-state index in [0.717, 1.165) is 41.3 Å². The molecule has 0 bridgehead atoms. The quantitative estimate of drug-likeness (QED) is 0.605. The monoisotopic (exact) mass is 396 g/mol. The average Bonchev–Trinajstić information content (AvgIpc) is 3.22. The van der Waals surface area contributed by atoms with Gasteiger partial charge in [0.25, 0.3) is 0 Å². The maximum absolute atomic E-state index is 11.3. The summed E-state index contributed by atoms with van der Waals surface area (Å²) in [5.41, 5.74) is 3.34. The second-order valence-electron chi connectivity index (χ2n) is 7.21. The highest BCUT2D eigenvalue weighted by molar-refractivity contribution is 5.74. The summed E-state index contributed by atoms with van der Waals surface area (Å²) in [5, 5.41) is 13.5. The van der Waals surface area contributed by atoms with E-state index in [1.165, 1.54) is 6.33 Å². The number of pyridine rings is 1. The van der Waals surface area contributed by atoms with Crippen LogP contribution in [0.15, 0.2) is 30.9 Å². The second kappa shape index (κ2) is 8.52. The Morgan fingerprint density at radius 3 is 2.86 bits per heavy atom. The number of piperidine rings is 1. The number of carboxylic acids is 1. The van der Waals surface area contributed by atoms with E-state index in [1.807, 2.05) is 24.5 Å². The number of hydrogen-bond acceptors (Lipinski definition) is 7. The molecule has 4 rings (SSSR count). The molecule has 0 atom stereocenters. The molecular formula is C20H24N6O3. The van der Waals surface area contributed by atoms with Crippen LogP contribution in [0, 0.1) is 5.92 Å². The predicted octanol–water partition coefficient (Wildman–Crippen LogP) is 2.07. The van der Waals surface area contributed by atoms with Gasteiger partial charge in [0.2, 0.25) is 0 Å². The van der Waals surface area contributed by atoms with Crippen molar-refractivity contribution in [1.29, 1.82) is 0 Å². The summed E-state index contributed by atoms with van der Waals surface area (Å²) in [7, 11) is 1.69. The zero-order valence-electron chi connectivity index (χ0n) is 16.4. The number of fused-ring (bicyclic) bond motifs is 1. The van der Waals surface area contributed by atoms with Gasteiger partial charge in [-0.25, -0.2) is 14.5 Å². The van der Waals surface area contributed by atoms with E-state index in [0.29, 0.717) is 32.5 Å². The van der Waals surface area contributed by atoms with Crippen molar-refractivity contribution in [1.82, 2.24) is 24.6 Å². The van der Waals surface area contributed by atoms with Gasteiger partial charge in [-0.3, -0.25) is 9.78 Å². The SMILES string of the molecule is COCCCc1cnc(-c2ccc3ncnn3c2)c(N2CCC(C(=O)O)CC2)n1. The van der Waals surface area contributed by atoms with Crippen LogP contribution in [0.4, 0.5) is 5.82 Å². The molecular weight excluding hydrogens is 372 g/mol. The summed E-state index contributed by atoms with van der Waals surface area (Å²) in [6.07, 6.45) is 8.08. The number of aliphatic carboxylic acids is 1. The van der Waals surface area contributed by atoms with Crippen LogP contribution in [-0.2, 0) is 16.0 Å². The fraction of sp³-hybridized carbons (Fsp3) is 0.450. The zero-order valence-corrected chi connectivity index (χ0v) is 16.4. The molecule has 0 aromatic carbocycles. The Balaban J connectivity index is 1.67. The van der Waals surface area contributed by atoms with Gasteiger partial charge in [0.1, 0.15) is 12.0 Å². The van der Waals surface area contributed by atoms with Gasteiger partial charge >= 0.3 is 5.97 Å². The molecule has 0 unspecified atom stereocenters. The molecule has 3 aromatic heterocycles. The highest BCUT2D eigenvalue weighted by atomic mass is 16.5. The molecule has 0 radical (unpaired) electrons. The van der Waals surface area contributed by atoms with Gasteiger partial charge in [-0.2, -0.15) is 5.10 Å². The Morgan fingerprint density at radius 1 is 1.28 bits per heavy atom. The highest BCUT2D eigenvalue weighted by Gasteiger charge is 2.27. The molecule has 29 heavy (non-hydrogen) atoms. The molecule has 1 fully saturated rings. The summed E-state index contributed by atoms with van der Waals surface area (Å²) in [4.78, 5) is 27.3. The van der Waals surface area contributed by atoms with Gasteiger partial charge < -0.3 is 14.7 Å². The van der Waals surface area contributed by atoms with Crippen molar-refractivity contribution in [3.63, 3.8) is 0 Å². The molecule has 9 heteroatoms. The smallest absolute Gasteiger partial charge is 0.306 e. The van der Waals surface area contributed by atoms with Crippen LogP contribution in [0.1, 0.15) is 25.0 Å². The first-order valence-electron chi connectivity index (χ1n) is 9.78. The molecule has 3 aromatic rings. The largest absolute Gasteiger partial charge is 0.481 e. The van der Waals surface area contributed by atoms with Gasteiger partial charge in [-0.05, 0) is 37.8 Å². The molecule has 1 aliphatic rings. The van der Waals surface area contributed by atoms with E-state index in [2.05, 4.69) is 15.0 Å². The number of nitrogens with zero attached hydrogens (tertiary/aromatic N) is 6. The number of ether oxygens (including phenoxy) is 1. The minimum absolute atomic E-state index is 0.293. The second-order valence-corrected chi connectivity index (χ2v) is 7.21. The number of rotatable bonds is 7. The fourth-order valence-corrected chi connectivity index (χ4v) is 3.65. The van der Waals surface area contributed by atoms with Gasteiger partial charge in [0.15, 0.2) is 11.5 Å². The van der Waals surface area contributed by atoms with E-state index in [1.54, 1.807) is 11.6 Å². The zero-order chi connectivity index (χ0) is 20.2. The van der Waals surface area contributed by atoms with Crippen molar-refractivity contribution in [2.75, 3.05) is 31.7 Å². The summed E-state index contributed by atoms with van der Waals surface area (Å²) < 4.78 is 6.85. The van der Waals surface area contributed by atoms with E-state index < -0.39 is 5.97 Å². The third-order valence-corrected chi connectivity index (χ3v) is 5.28. The van der Waals surface area contributed by atoms with Gasteiger partial charge in [0, 0.05) is 44.8 Å². The van der Waals surface area contributed by atoms with Crippen LogP contribution in [0.2, 0.25) is 0 Å². The summed E-state index contributed by atoms with van der Waals surface area (Å²) >= 11 is 0. The summed E-state index contributed by atoms with van der Waals surface area (Å²) in [6.45, 7) is 1.96. The molecule has 1 aliphatic heterocycles. The van der Waals surface area contributed by atoms with Crippen LogP contribution < -0.4 is 4.90 Å². The van der Waals surface area contributed by atoms with Crippen LogP contribution in [0.25, 0.3) is 16.9 Å². The van der Waals surface area contributed by atoms with Crippen molar-refractivity contribution in [3.8, 4) is 11.3 Å². The summed E-state index contributed by atoms with van der Waals surface area (Å²) in [6, 6.07) is 3.86. The molecule has 0 spiro atoms. The Morgan fingerprint density at radius 2 is 2.10 bits per heavy atom. The van der Waals surface area contributed by atoms with E-state index in [9.17, 15) is 9.90 Å². The number of aromatic nitrogens is 5. The van der Waals surface area contributed by atoms with Crippen molar-refractivity contribution in [3.05, 3.63) is 36.5 Å². The lowest BCUT2D eigenvalue weighted by atomic mass is 9.97. The third-order valence-electron chi connectivity index (χ3n) is 5.28. The Hall–Kier alpha value is -3.07. The lowest BCUT2D eigenvalue weighted by Gasteiger charge is -2.32. The first-order valence-corrected chi connectivity index (χ1v) is 9.78. The lowest BCUT2D eigenvalue weighted by Crippen LogP contribution is -2.37. The van der Waals surface area contributed by atoms with E-state index in [-0.39, 0.29) is 5.92 Å². The third kappa shape index (κ3) is 4.19. The maximum Gasteiger partial charge on any atom is 0.306 e. The summed E-state index contributed by atoms with van der Waals surface area (Å²) in [5.74, 6) is -0.219. The van der Waals surface area contributed by atoms with Crippen molar-refractivity contribution in [2.45, 2.75) is 25.7 Å². The van der Waals surface area contributed by atoms with Gasteiger partial charge in [-0.1, -0.05) is 0 Å². The molecule has 1 saturated heterocycles. The Bertz CT molecular complexity index is 997. The highest BCUT2D eigenvalue weighted by Crippen LogP contribution is 2.31. The van der Waals surface area contributed by atoms with Crippen LogP contribution in [0.5, 0.6) is 0 Å². The predicted molar refractivity (Wildman–Crippen MR) is 107 cm³/mol. The molecule has 0 amide bonds. The minimum Gasteiger partial charge on any atom is -0.481 e. The topological polar surface area (TPSA) is 106 Å². The van der Waals surface area contributed by atoms with Crippen molar-refractivity contribution < 1.29 is 14.6 Å². The molecule has 1 N–H and O–H groups in total. The van der Waals surface area contributed by atoms with Gasteiger partial charge in [-0.15, -0.1) is 0 Å². The lowest BCUT2D eigenvalue weighted by molar-refractivity contribution is -0.142. The molecule has 152 valence electrons. The van der Waals surface area contributed by atoms with Crippen LogP contribution >= 0.6 is 0 Å². The number of aryl methyl sites for hydroxylation is 1. The van der Waals surface area contributed by atoms with E-state index >= 15 is 0 Å². The van der Waals surface area contributed by atoms with Gasteiger partial charge in [0.05, 0.1) is 11.6 Å². The van der Waals surface area contributed by atoms with Crippen molar-refractivity contribution in [2.24, 2.45) is 5.92 Å². The first-order chi connectivity index (χ1) is 14.2. The normalized spacial score (nSPS) is 15.1. The number of methoxy groups -OCH3 is 1. The van der Waals surface area contributed by atoms with E-state index in [4.69, 9.17) is 14.7 Å². The van der Waals surface area contributed by atoms with Crippen LogP contribution in [-0.4, -0.2) is 62.4 Å². The average molecular weight is 396 g/mol. The maximum atomic E-state index is 11.3. The number of carboxylic acid groups (broad SMARTS) is 1. The Kier molecular flexibility index (Phi) is 5.66. The minimum atomic E-state index is -0.721. The van der Waals surface area contributed by atoms with Crippen molar-refractivity contribution >= 4 is 17.4 Å².